The van der Waals surface area contributed by atoms with Crippen molar-refractivity contribution in [1.29, 1.82) is 0 Å². The number of hydrogen-bond acceptors (Lipinski definition) is 1. The lowest BCUT2D eigenvalue weighted by Gasteiger charge is -2.06. The van der Waals surface area contributed by atoms with E-state index in [0.717, 1.165) is 6.07 Å². The van der Waals surface area contributed by atoms with E-state index in [2.05, 4.69) is 6.92 Å². The van der Waals surface area contributed by atoms with Gasteiger partial charge in [0, 0.05) is 4.90 Å². The fourth-order valence-corrected chi connectivity index (χ4v) is 1.49. The minimum atomic E-state index is -4.38. The van der Waals surface area contributed by atoms with Gasteiger partial charge in [0.15, 0.2) is 0 Å². The molecule has 0 saturated heterocycles. The smallest absolute Gasteiger partial charge is 0.207 e. The maximum Gasteiger partial charge on any atom is 0.446 e. The Labute approximate surface area is 83.3 Å². The molecule has 0 unspecified atom stereocenters. The normalized spacial score (nSPS) is 11.8. The first-order valence-electron chi connectivity index (χ1n) is 3.76. The molecule has 0 bridgehead atoms. The van der Waals surface area contributed by atoms with Gasteiger partial charge in [-0.3, -0.25) is 0 Å². The minimum Gasteiger partial charge on any atom is -0.207 e. The van der Waals surface area contributed by atoms with Crippen LogP contribution in [0.5, 0.6) is 0 Å². The molecule has 1 rings (SSSR count). The first kappa shape index (κ1) is 11.4. The summed E-state index contributed by atoms with van der Waals surface area (Å²) in [5, 5.41) is 0. The van der Waals surface area contributed by atoms with Crippen LogP contribution in [0.1, 0.15) is 5.56 Å². The van der Waals surface area contributed by atoms with Gasteiger partial charge in [-0.15, -0.1) is 0 Å². The third kappa shape index (κ3) is 3.21. The SMILES string of the molecule is [CH2]Cc1ccc(SC(F)(F)F)cc1F. The van der Waals surface area contributed by atoms with Crippen molar-refractivity contribution in [3.8, 4) is 0 Å². The summed E-state index contributed by atoms with van der Waals surface area (Å²) in [6.07, 6.45) is 0.225. The van der Waals surface area contributed by atoms with Crippen LogP contribution < -0.4 is 0 Å². The van der Waals surface area contributed by atoms with E-state index >= 15 is 0 Å². The Bertz CT molecular complexity index is 319. The van der Waals surface area contributed by atoms with E-state index in [1.165, 1.54) is 12.1 Å². The fraction of sp³-hybridized carbons (Fsp3) is 0.222. The number of rotatable bonds is 2. The second-order valence-electron chi connectivity index (χ2n) is 2.55. The lowest BCUT2D eigenvalue weighted by molar-refractivity contribution is -0.0328. The molecular formula is C9H7F4S. The van der Waals surface area contributed by atoms with Crippen molar-refractivity contribution < 1.29 is 17.6 Å². The Kier molecular flexibility index (Phi) is 3.42. The molecule has 0 aromatic heterocycles. The first-order chi connectivity index (χ1) is 6.42. The fourth-order valence-electron chi connectivity index (χ4n) is 0.928. The zero-order valence-electron chi connectivity index (χ0n) is 7.07. The van der Waals surface area contributed by atoms with Gasteiger partial charge in [0.1, 0.15) is 5.82 Å². The Morgan fingerprint density at radius 3 is 2.36 bits per heavy atom. The van der Waals surface area contributed by atoms with Crippen molar-refractivity contribution in [2.24, 2.45) is 0 Å². The zero-order chi connectivity index (χ0) is 10.8. The molecule has 0 aliphatic heterocycles. The van der Waals surface area contributed by atoms with Crippen molar-refractivity contribution in [2.45, 2.75) is 16.8 Å². The second kappa shape index (κ2) is 4.21. The highest BCUT2D eigenvalue weighted by atomic mass is 32.2. The van der Waals surface area contributed by atoms with E-state index in [1.54, 1.807) is 0 Å². The zero-order valence-corrected chi connectivity index (χ0v) is 7.88. The molecule has 0 N–H and O–H groups in total. The molecule has 5 heteroatoms. The summed E-state index contributed by atoms with van der Waals surface area (Å²) in [4.78, 5) is -0.146. The lowest BCUT2D eigenvalue weighted by Crippen LogP contribution is -1.99. The average molecular weight is 223 g/mol. The van der Waals surface area contributed by atoms with Crippen molar-refractivity contribution >= 4 is 11.8 Å². The molecule has 1 radical (unpaired) electrons. The van der Waals surface area contributed by atoms with Crippen LogP contribution in [0.3, 0.4) is 0 Å². The van der Waals surface area contributed by atoms with Crippen molar-refractivity contribution in [1.82, 2.24) is 0 Å². The number of alkyl halides is 3. The van der Waals surface area contributed by atoms with Gasteiger partial charge in [0.2, 0.25) is 0 Å². The first-order valence-corrected chi connectivity index (χ1v) is 4.57. The van der Waals surface area contributed by atoms with Gasteiger partial charge in [0.05, 0.1) is 0 Å². The van der Waals surface area contributed by atoms with E-state index in [0.29, 0.717) is 5.56 Å². The summed E-state index contributed by atoms with van der Waals surface area (Å²) in [6.45, 7) is 3.45. The predicted octanol–water partition coefficient (Wildman–Crippen LogP) is 3.81. The van der Waals surface area contributed by atoms with Gasteiger partial charge in [-0.05, 0) is 42.8 Å². The van der Waals surface area contributed by atoms with Crippen LogP contribution >= 0.6 is 11.8 Å². The highest BCUT2D eigenvalue weighted by molar-refractivity contribution is 8.00. The van der Waals surface area contributed by atoms with Crippen LogP contribution in [-0.2, 0) is 6.42 Å². The van der Waals surface area contributed by atoms with Crippen LogP contribution in [-0.4, -0.2) is 5.51 Å². The molecule has 0 aliphatic rings. The van der Waals surface area contributed by atoms with Crippen LogP contribution in [0.25, 0.3) is 0 Å². The van der Waals surface area contributed by atoms with Crippen LogP contribution in [0, 0.1) is 12.7 Å². The van der Waals surface area contributed by atoms with E-state index in [9.17, 15) is 17.6 Å². The summed E-state index contributed by atoms with van der Waals surface area (Å²) in [7, 11) is 0. The number of halogens is 4. The Morgan fingerprint density at radius 1 is 1.29 bits per heavy atom. The molecule has 0 fully saturated rings. The van der Waals surface area contributed by atoms with Gasteiger partial charge in [0.25, 0.3) is 0 Å². The van der Waals surface area contributed by atoms with Crippen molar-refractivity contribution in [3.63, 3.8) is 0 Å². The summed E-state index contributed by atoms with van der Waals surface area (Å²) in [5.74, 6) is -0.644. The molecule has 1 aromatic carbocycles. The van der Waals surface area contributed by atoms with Crippen LogP contribution in [0.2, 0.25) is 0 Å². The van der Waals surface area contributed by atoms with Crippen LogP contribution in [0.15, 0.2) is 23.1 Å². The molecule has 0 aliphatic carbocycles. The van der Waals surface area contributed by atoms with Gasteiger partial charge < -0.3 is 0 Å². The summed E-state index contributed by atoms with van der Waals surface area (Å²) in [5.41, 5.74) is -4.06. The number of hydrogen-bond donors (Lipinski definition) is 0. The van der Waals surface area contributed by atoms with E-state index in [4.69, 9.17) is 0 Å². The van der Waals surface area contributed by atoms with Crippen molar-refractivity contribution in [2.75, 3.05) is 0 Å². The highest BCUT2D eigenvalue weighted by Gasteiger charge is 2.29. The van der Waals surface area contributed by atoms with Crippen LogP contribution in [0.4, 0.5) is 17.6 Å². The van der Waals surface area contributed by atoms with Gasteiger partial charge in [-0.25, -0.2) is 4.39 Å². The highest BCUT2D eigenvalue weighted by Crippen LogP contribution is 2.37. The standard InChI is InChI=1S/C9H7F4S/c1-2-6-3-4-7(5-8(6)10)14-9(11,12)13/h3-5H,1-2H2. The quantitative estimate of drug-likeness (QED) is 0.542. The summed E-state index contributed by atoms with van der Waals surface area (Å²) in [6, 6.07) is 3.43. The van der Waals surface area contributed by atoms with E-state index < -0.39 is 11.3 Å². The average Bonchev–Trinajstić information content (AvgIpc) is 2.01. The molecule has 0 heterocycles. The third-order valence-electron chi connectivity index (χ3n) is 1.53. The molecule has 77 valence electrons. The molecule has 0 atom stereocenters. The third-order valence-corrected chi connectivity index (χ3v) is 2.25. The number of thioether (sulfide) groups is 1. The molecular weight excluding hydrogens is 216 g/mol. The molecule has 0 saturated carbocycles. The van der Waals surface area contributed by atoms with E-state index in [-0.39, 0.29) is 23.1 Å². The maximum atomic E-state index is 13.0. The monoisotopic (exact) mass is 223 g/mol. The lowest BCUT2D eigenvalue weighted by atomic mass is 10.2. The topological polar surface area (TPSA) is 0 Å². The summed E-state index contributed by atoms with van der Waals surface area (Å²) >= 11 is -0.326. The van der Waals surface area contributed by atoms with Gasteiger partial charge >= 0.3 is 5.51 Å². The largest absolute Gasteiger partial charge is 0.446 e. The second-order valence-corrected chi connectivity index (χ2v) is 3.69. The molecule has 0 nitrogen and oxygen atoms in total. The Morgan fingerprint density at radius 2 is 1.93 bits per heavy atom. The minimum absolute atomic E-state index is 0.146. The maximum absolute atomic E-state index is 13.0. The molecule has 1 aromatic rings. The Hall–Kier alpha value is -0.710. The van der Waals surface area contributed by atoms with Gasteiger partial charge in [-0.2, -0.15) is 13.2 Å². The molecule has 14 heavy (non-hydrogen) atoms. The van der Waals surface area contributed by atoms with Gasteiger partial charge in [-0.1, -0.05) is 6.07 Å². The van der Waals surface area contributed by atoms with Crippen molar-refractivity contribution in [3.05, 3.63) is 36.5 Å². The summed E-state index contributed by atoms with van der Waals surface area (Å²) < 4.78 is 48.7. The predicted molar refractivity (Wildman–Crippen MR) is 47.4 cm³/mol. The molecule has 0 amide bonds. The number of benzene rings is 1. The van der Waals surface area contributed by atoms with E-state index in [1.807, 2.05) is 0 Å². The Balaban J connectivity index is 2.87. The molecule has 0 spiro atoms.